The van der Waals surface area contributed by atoms with Gasteiger partial charge in [0, 0.05) is 11.5 Å². The molecule has 6 heteroatoms. The van der Waals surface area contributed by atoms with Gasteiger partial charge in [-0.2, -0.15) is 15.8 Å². The fourth-order valence-corrected chi connectivity index (χ4v) is 4.67. The van der Waals surface area contributed by atoms with Gasteiger partial charge >= 0.3 is 0 Å². The highest BCUT2D eigenvalue weighted by Gasteiger charge is 2.57. The van der Waals surface area contributed by atoms with Gasteiger partial charge < -0.3 is 14.9 Å². The molecule has 0 unspecified atom stereocenters. The van der Waals surface area contributed by atoms with Crippen molar-refractivity contribution in [2.75, 3.05) is 13.2 Å². The molecule has 29 heavy (non-hydrogen) atoms. The van der Waals surface area contributed by atoms with Gasteiger partial charge in [-0.3, -0.25) is 0 Å². The van der Waals surface area contributed by atoms with Crippen LogP contribution in [0.15, 0.2) is 29.8 Å². The molecule has 1 saturated carbocycles. The first-order valence-electron chi connectivity index (χ1n) is 9.98. The second-order valence-corrected chi connectivity index (χ2v) is 7.29. The quantitative estimate of drug-likeness (QED) is 0.746. The monoisotopic (exact) mass is 388 g/mol. The van der Waals surface area contributed by atoms with E-state index in [1.165, 1.54) is 0 Å². The molecule has 0 aliphatic heterocycles. The Morgan fingerprint density at radius 2 is 1.86 bits per heavy atom. The molecule has 1 aromatic carbocycles. The number of nitrogens with one attached hydrogen (secondary N) is 1. The van der Waals surface area contributed by atoms with Crippen LogP contribution in [-0.2, 0) is 0 Å². The normalized spacial score (nSPS) is 24.9. The number of nitrogens with zero attached hydrogens (tertiary/aromatic N) is 3. The SMILES string of the molecule is CCOc1ccc(OCC)c([C@H]2[C@@H]3CCCC=C3[C@@H](C#N)C(=N)C2(C#N)C#N)c1. The molecule has 3 atom stereocenters. The summed E-state index contributed by atoms with van der Waals surface area (Å²) < 4.78 is 11.5. The van der Waals surface area contributed by atoms with Crippen LogP contribution in [0.5, 0.6) is 11.5 Å². The Balaban J connectivity index is 2.29. The Hall–Kier alpha value is -3.30. The smallest absolute Gasteiger partial charge is 0.189 e. The summed E-state index contributed by atoms with van der Waals surface area (Å²) in [5, 5.41) is 38.7. The molecule has 1 N–H and O–H groups in total. The minimum atomic E-state index is -1.73. The summed E-state index contributed by atoms with van der Waals surface area (Å²) in [6.07, 6.45) is 4.54. The first kappa shape index (κ1) is 20.4. The summed E-state index contributed by atoms with van der Waals surface area (Å²) in [7, 11) is 0. The number of allylic oxidation sites excluding steroid dienone is 2. The van der Waals surface area contributed by atoms with Gasteiger partial charge in [-0.1, -0.05) is 6.08 Å². The Morgan fingerprint density at radius 3 is 2.48 bits per heavy atom. The van der Waals surface area contributed by atoms with Gasteiger partial charge in [0.25, 0.3) is 0 Å². The predicted molar refractivity (Wildman–Crippen MR) is 107 cm³/mol. The summed E-state index contributed by atoms with van der Waals surface area (Å²) in [6, 6.07) is 11.9. The van der Waals surface area contributed by atoms with E-state index >= 15 is 0 Å². The molecule has 2 aliphatic carbocycles. The summed E-state index contributed by atoms with van der Waals surface area (Å²) >= 11 is 0. The lowest BCUT2D eigenvalue weighted by atomic mass is 9.53. The minimum absolute atomic E-state index is 0.135. The van der Waals surface area contributed by atoms with E-state index < -0.39 is 17.3 Å². The highest BCUT2D eigenvalue weighted by atomic mass is 16.5. The molecule has 0 bridgehead atoms. The molecule has 2 aliphatic rings. The third kappa shape index (κ3) is 3.24. The topological polar surface area (TPSA) is 114 Å². The highest BCUT2D eigenvalue weighted by molar-refractivity contribution is 6.01. The number of hydrogen-bond acceptors (Lipinski definition) is 6. The minimum Gasteiger partial charge on any atom is -0.494 e. The number of benzene rings is 1. The maximum atomic E-state index is 10.1. The average Bonchev–Trinajstić information content (AvgIpc) is 2.74. The van der Waals surface area contributed by atoms with E-state index in [9.17, 15) is 15.8 Å². The number of ether oxygens (including phenoxy) is 2. The maximum absolute atomic E-state index is 10.1. The van der Waals surface area contributed by atoms with Crippen molar-refractivity contribution in [3.8, 4) is 29.7 Å². The van der Waals surface area contributed by atoms with Crippen LogP contribution in [0.4, 0.5) is 0 Å². The van der Waals surface area contributed by atoms with Crippen LogP contribution in [0.1, 0.15) is 44.6 Å². The maximum Gasteiger partial charge on any atom is 0.189 e. The van der Waals surface area contributed by atoms with Gasteiger partial charge in [-0.05, 0) is 62.8 Å². The van der Waals surface area contributed by atoms with E-state index in [1.54, 1.807) is 6.07 Å². The molecule has 0 radical (unpaired) electrons. The Kier molecular flexibility index (Phi) is 5.90. The molecule has 6 nitrogen and oxygen atoms in total. The van der Waals surface area contributed by atoms with E-state index in [0.29, 0.717) is 30.3 Å². The average molecular weight is 388 g/mol. The van der Waals surface area contributed by atoms with Crippen LogP contribution in [0.25, 0.3) is 0 Å². The molecule has 0 heterocycles. The third-order valence-corrected chi connectivity index (χ3v) is 5.85. The van der Waals surface area contributed by atoms with Crippen LogP contribution in [0, 0.1) is 56.7 Å². The second-order valence-electron chi connectivity index (χ2n) is 7.29. The fourth-order valence-electron chi connectivity index (χ4n) is 4.67. The zero-order valence-corrected chi connectivity index (χ0v) is 16.7. The Labute approximate surface area is 171 Å². The van der Waals surface area contributed by atoms with Gasteiger partial charge in [0.1, 0.15) is 17.4 Å². The molecule has 0 spiro atoms. The summed E-state index contributed by atoms with van der Waals surface area (Å²) in [5.41, 5.74) is -0.307. The first-order chi connectivity index (χ1) is 14.1. The number of nitriles is 3. The molecule has 0 amide bonds. The van der Waals surface area contributed by atoms with E-state index in [1.807, 2.05) is 32.1 Å². The van der Waals surface area contributed by atoms with Crippen LogP contribution < -0.4 is 9.47 Å². The van der Waals surface area contributed by atoms with Crippen molar-refractivity contribution in [3.05, 3.63) is 35.4 Å². The lowest BCUT2D eigenvalue weighted by Gasteiger charge is -2.46. The van der Waals surface area contributed by atoms with E-state index in [2.05, 4.69) is 18.2 Å². The summed E-state index contributed by atoms with van der Waals surface area (Å²) in [6.45, 7) is 4.69. The lowest BCUT2D eigenvalue weighted by molar-refractivity contribution is 0.290. The fraction of sp³-hybridized carbons (Fsp3) is 0.478. The number of fused-ring (bicyclic) bond motifs is 1. The molecule has 1 aromatic rings. The van der Waals surface area contributed by atoms with Gasteiger partial charge in [-0.25, -0.2) is 0 Å². The van der Waals surface area contributed by atoms with Crippen molar-refractivity contribution in [2.24, 2.45) is 17.3 Å². The van der Waals surface area contributed by atoms with Crippen LogP contribution in [0.2, 0.25) is 0 Å². The molecule has 3 rings (SSSR count). The van der Waals surface area contributed by atoms with Crippen molar-refractivity contribution < 1.29 is 9.47 Å². The lowest BCUT2D eigenvalue weighted by Crippen LogP contribution is -2.48. The summed E-state index contributed by atoms with van der Waals surface area (Å²) in [4.78, 5) is 0. The first-order valence-corrected chi connectivity index (χ1v) is 9.98. The summed E-state index contributed by atoms with van der Waals surface area (Å²) in [5.74, 6) is -0.377. The van der Waals surface area contributed by atoms with Crippen LogP contribution in [0.3, 0.4) is 0 Å². The Morgan fingerprint density at radius 1 is 1.14 bits per heavy atom. The third-order valence-electron chi connectivity index (χ3n) is 5.85. The zero-order chi connectivity index (χ0) is 21.0. The number of rotatable bonds is 5. The molecule has 0 aromatic heterocycles. The molecular formula is C23H24N4O2. The zero-order valence-electron chi connectivity index (χ0n) is 16.7. The molecular weight excluding hydrogens is 364 g/mol. The van der Waals surface area contributed by atoms with E-state index in [0.717, 1.165) is 24.8 Å². The molecule has 0 saturated heterocycles. The van der Waals surface area contributed by atoms with E-state index in [4.69, 9.17) is 14.9 Å². The Bertz CT molecular complexity index is 947. The van der Waals surface area contributed by atoms with Crippen LogP contribution >= 0.6 is 0 Å². The number of hydrogen-bond donors (Lipinski definition) is 1. The standard InChI is InChI=1S/C23H24N4O2/c1-3-28-15-9-10-20(29-4-2)18(11-15)21-17-8-6-5-7-16(17)19(12-24)22(27)23(21,13-25)14-26/h7,9-11,17,19,21,27H,3-6,8H2,1-2H3/t17-,19-,21-/m1/s1. The van der Waals surface area contributed by atoms with Crippen LogP contribution in [-0.4, -0.2) is 18.9 Å². The van der Waals surface area contributed by atoms with Crippen molar-refractivity contribution >= 4 is 5.71 Å². The van der Waals surface area contributed by atoms with Gasteiger partial charge in [0.2, 0.25) is 0 Å². The van der Waals surface area contributed by atoms with Crippen molar-refractivity contribution in [2.45, 2.75) is 39.0 Å². The predicted octanol–water partition coefficient (Wildman–Crippen LogP) is 4.50. The van der Waals surface area contributed by atoms with Crippen molar-refractivity contribution in [1.29, 1.82) is 21.2 Å². The van der Waals surface area contributed by atoms with Gasteiger partial charge in [-0.15, -0.1) is 0 Å². The highest BCUT2D eigenvalue weighted by Crippen LogP contribution is 2.57. The van der Waals surface area contributed by atoms with Gasteiger partial charge in [0.15, 0.2) is 5.41 Å². The molecule has 1 fully saturated rings. The van der Waals surface area contributed by atoms with Gasteiger partial charge in [0.05, 0.1) is 37.1 Å². The van der Waals surface area contributed by atoms with E-state index in [-0.39, 0.29) is 11.6 Å². The second kappa shape index (κ2) is 8.38. The van der Waals surface area contributed by atoms with Crippen molar-refractivity contribution in [3.63, 3.8) is 0 Å². The van der Waals surface area contributed by atoms with Crippen molar-refractivity contribution in [1.82, 2.24) is 0 Å². The molecule has 148 valence electrons. The largest absolute Gasteiger partial charge is 0.494 e.